The fourth-order valence-electron chi connectivity index (χ4n) is 3.98. The molecule has 0 aliphatic carbocycles. The van der Waals surface area contributed by atoms with E-state index in [1.54, 1.807) is 26.8 Å². The second kappa shape index (κ2) is 10.3. The summed E-state index contributed by atoms with van der Waals surface area (Å²) >= 11 is 0. The molecule has 0 atom stereocenters. The van der Waals surface area contributed by atoms with Crippen LogP contribution in [0, 0.1) is 6.92 Å². The molecule has 2 heterocycles. The second-order valence-electron chi connectivity index (χ2n) is 8.20. The molecule has 1 aromatic heterocycles. The normalized spacial score (nSPS) is 15.6. The molecule has 1 amide bonds. The number of aryl methyl sites for hydroxylation is 1. The van der Waals surface area contributed by atoms with Crippen LogP contribution in [0.3, 0.4) is 0 Å². The molecule has 2 aromatic rings. The van der Waals surface area contributed by atoms with Gasteiger partial charge in [0.05, 0.1) is 10.5 Å². The van der Waals surface area contributed by atoms with Crippen molar-refractivity contribution >= 4 is 21.7 Å². The third kappa shape index (κ3) is 5.69. The molecule has 11 heteroatoms. The van der Waals surface area contributed by atoms with E-state index in [9.17, 15) is 26.4 Å². The Balaban J connectivity index is 1.65. The number of pyridine rings is 1. The zero-order valence-corrected chi connectivity index (χ0v) is 20.2. The van der Waals surface area contributed by atoms with Crippen LogP contribution in [0.4, 0.5) is 19.0 Å². The maximum Gasteiger partial charge on any atom is 0.417 e. The first-order valence-corrected chi connectivity index (χ1v) is 12.6. The van der Waals surface area contributed by atoms with Gasteiger partial charge in [-0.15, -0.1) is 0 Å². The Bertz CT molecular complexity index is 1110. The van der Waals surface area contributed by atoms with Gasteiger partial charge >= 0.3 is 6.18 Å². The molecule has 0 unspecified atom stereocenters. The molecule has 1 saturated heterocycles. The summed E-state index contributed by atoms with van der Waals surface area (Å²) in [5.41, 5.74) is 0.182. The Morgan fingerprint density at radius 2 is 1.79 bits per heavy atom. The van der Waals surface area contributed by atoms with E-state index in [1.165, 1.54) is 22.5 Å². The fourth-order valence-corrected chi connectivity index (χ4v) is 5.46. The topological polar surface area (TPSA) is 82.6 Å². The van der Waals surface area contributed by atoms with Gasteiger partial charge in [0.15, 0.2) is 0 Å². The maximum absolute atomic E-state index is 13.0. The summed E-state index contributed by atoms with van der Waals surface area (Å²) < 4.78 is 65.2. The van der Waals surface area contributed by atoms with Crippen LogP contribution < -0.4 is 10.2 Å². The van der Waals surface area contributed by atoms with Gasteiger partial charge in [0.1, 0.15) is 5.82 Å². The predicted octanol–water partition coefficient (Wildman–Crippen LogP) is 3.84. The van der Waals surface area contributed by atoms with E-state index in [4.69, 9.17) is 0 Å². The number of carbonyl (C=O) groups excluding carboxylic acids is 1. The fraction of sp³-hybridized carbons (Fsp3) is 0.478. The van der Waals surface area contributed by atoms with Crippen LogP contribution in [0.1, 0.15) is 48.2 Å². The third-order valence-electron chi connectivity index (χ3n) is 6.03. The van der Waals surface area contributed by atoms with Crippen molar-refractivity contribution in [3.05, 3.63) is 53.2 Å². The van der Waals surface area contributed by atoms with Crippen molar-refractivity contribution in [3.8, 4) is 0 Å². The van der Waals surface area contributed by atoms with Gasteiger partial charge in [-0.1, -0.05) is 19.9 Å². The Kier molecular flexibility index (Phi) is 7.87. The molecule has 0 saturated carbocycles. The van der Waals surface area contributed by atoms with E-state index < -0.39 is 21.8 Å². The molecule has 1 fully saturated rings. The number of hydrogen-bond acceptors (Lipinski definition) is 5. The first-order valence-electron chi connectivity index (χ1n) is 11.2. The summed E-state index contributed by atoms with van der Waals surface area (Å²) in [6, 6.07) is 6.78. The number of nitrogens with one attached hydrogen (secondary N) is 1. The van der Waals surface area contributed by atoms with E-state index in [0.29, 0.717) is 56.0 Å². The Morgan fingerprint density at radius 3 is 2.32 bits per heavy atom. The number of carbonyl (C=O) groups is 1. The molecule has 34 heavy (non-hydrogen) atoms. The lowest BCUT2D eigenvalue weighted by Crippen LogP contribution is -2.45. The Hall–Kier alpha value is -2.66. The molecule has 186 valence electrons. The quantitative estimate of drug-likeness (QED) is 0.627. The number of piperidine rings is 1. The zero-order valence-electron chi connectivity index (χ0n) is 19.4. The third-order valence-corrected chi connectivity index (χ3v) is 8.07. The molecule has 0 radical (unpaired) electrons. The number of anilines is 1. The molecule has 1 aliphatic rings. The van der Waals surface area contributed by atoms with Crippen molar-refractivity contribution in [2.24, 2.45) is 0 Å². The van der Waals surface area contributed by atoms with Crippen molar-refractivity contribution in [1.82, 2.24) is 14.6 Å². The standard InChI is InChI=1S/C23H29F3N4O3S/c1-4-30(5-2)34(32,33)19-8-6-16(3)20(14-19)22(31)28-18-10-12-29(13-11-18)21-9-7-17(15-27-21)23(24,25)26/h6-9,14-15,18H,4-5,10-13H2,1-3H3,(H,28,31). The molecular weight excluding hydrogens is 469 g/mol. The summed E-state index contributed by atoms with van der Waals surface area (Å²) in [4.78, 5) is 18.8. The van der Waals surface area contributed by atoms with Crippen LogP contribution in [-0.4, -0.2) is 55.8 Å². The SMILES string of the molecule is CCN(CC)S(=O)(=O)c1ccc(C)c(C(=O)NC2CCN(c3ccc(C(F)(F)F)cn3)CC2)c1. The van der Waals surface area contributed by atoms with Crippen LogP contribution >= 0.6 is 0 Å². The van der Waals surface area contributed by atoms with Crippen molar-refractivity contribution < 1.29 is 26.4 Å². The number of aromatic nitrogens is 1. The highest BCUT2D eigenvalue weighted by Gasteiger charge is 2.31. The van der Waals surface area contributed by atoms with Crippen LogP contribution in [0.25, 0.3) is 0 Å². The van der Waals surface area contributed by atoms with Gasteiger partial charge in [0.25, 0.3) is 5.91 Å². The van der Waals surface area contributed by atoms with E-state index in [2.05, 4.69) is 10.3 Å². The molecule has 3 rings (SSSR count). The van der Waals surface area contributed by atoms with Crippen molar-refractivity contribution in [2.45, 2.75) is 50.7 Å². The summed E-state index contributed by atoms with van der Waals surface area (Å²) in [6.45, 7) is 6.99. The lowest BCUT2D eigenvalue weighted by atomic mass is 10.0. The average Bonchev–Trinajstić information content (AvgIpc) is 2.80. The van der Waals surface area contributed by atoms with Crippen LogP contribution in [0.15, 0.2) is 41.4 Å². The minimum absolute atomic E-state index is 0.0788. The number of nitrogens with zero attached hydrogens (tertiary/aromatic N) is 3. The summed E-state index contributed by atoms with van der Waals surface area (Å²) in [5, 5.41) is 2.97. The van der Waals surface area contributed by atoms with Gasteiger partial charge < -0.3 is 10.2 Å². The molecule has 1 aromatic carbocycles. The van der Waals surface area contributed by atoms with Gasteiger partial charge in [0, 0.05) is 44.0 Å². The van der Waals surface area contributed by atoms with Crippen molar-refractivity contribution in [3.63, 3.8) is 0 Å². The minimum atomic E-state index is -4.43. The van der Waals surface area contributed by atoms with Gasteiger partial charge in [-0.05, 0) is 49.6 Å². The van der Waals surface area contributed by atoms with Gasteiger partial charge in [-0.2, -0.15) is 17.5 Å². The number of benzene rings is 1. The van der Waals surface area contributed by atoms with E-state index in [-0.39, 0.29) is 16.8 Å². The number of rotatable bonds is 7. The first-order chi connectivity index (χ1) is 16.0. The summed E-state index contributed by atoms with van der Waals surface area (Å²) in [5.74, 6) is 0.114. The first kappa shape index (κ1) is 26.0. The summed E-state index contributed by atoms with van der Waals surface area (Å²) in [6.07, 6.45) is -2.43. The predicted molar refractivity (Wildman–Crippen MR) is 123 cm³/mol. The van der Waals surface area contributed by atoms with E-state index >= 15 is 0 Å². The molecule has 1 aliphatic heterocycles. The average molecular weight is 499 g/mol. The second-order valence-corrected chi connectivity index (χ2v) is 10.1. The number of amides is 1. The monoisotopic (exact) mass is 498 g/mol. The number of alkyl halides is 3. The van der Waals surface area contributed by atoms with Crippen LogP contribution in [-0.2, 0) is 16.2 Å². The molecule has 7 nitrogen and oxygen atoms in total. The van der Waals surface area contributed by atoms with Gasteiger partial charge in [-0.3, -0.25) is 4.79 Å². The highest BCUT2D eigenvalue weighted by molar-refractivity contribution is 7.89. The molecular formula is C23H29F3N4O3S. The number of hydrogen-bond donors (Lipinski definition) is 1. The lowest BCUT2D eigenvalue weighted by molar-refractivity contribution is -0.137. The lowest BCUT2D eigenvalue weighted by Gasteiger charge is -2.33. The van der Waals surface area contributed by atoms with Crippen molar-refractivity contribution in [2.75, 3.05) is 31.1 Å². The van der Waals surface area contributed by atoms with E-state index in [1.807, 2.05) is 4.90 Å². The number of sulfonamides is 1. The molecule has 0 spiro atoms. The Labute approximate surface area is 198 Å². The largest absolute Gasteiger partial charge is 0.417 e. The highest BCUT2D eigenvalue weighted by Crippen LogP contribution is 2.30. The zero-order chi connectivity index (χ0) is 25.1. The smallest absolute Gasteiger partial charge is 0.356 e. The van der Waals surface area contributed by atoms with E-state index in [0.717, 1.165) is 12.3 Å². The highest BCUT2D eigenvalue weighted by atomic mass is 32.2. The van der Waals surface area contributed by atoms with Gasteiger partial charge in [-0.25, -0.2) is 13.4 Å². The molecule has 1 N–H and O–H groups in total. The number of halogens is 3. The van der Waals surface area contributed by atoms with Gasteiger partial charge in [0.2, 0.25) is 10.0 Å². The summed E-state index contributed by atoms with van der Waals surface area (Å²) in [7, 11) is -3.69. The minimum Gasteiger partial charge on any atom is -0.356 e. The van der Waals surface area contributed by atoms with Crippen LogP contribution in [0.2, 0.25) is 0 Å². The van der Waals surface area contributed by atoms with Crippen molar-refractivity contribution in [1.29, 1.82) is 0 Å². The maximum atomic E-state index is 13.0. The Morgan fingerprint density at radius 1 is 1.15 bits per heavy atom. The molecule has 0 bridgehead atoms. The van der Waals surface area contributed by atoms with Crippen LogP contribution in [0.5, 0.6) is 0 Å².